The van der Waals surface area contributed by atoms with Gasteiger partial charge >= 0.3 is 6.03 Å². The highest BCUT2D eigenvalue weighted by molar-refractivity contribution is 5.89. The Morgan fingerprint density at radius 3 is 2.32 bits per heavy atom. The van der Waals surface area contributed by atoms with Gasteiger partial charge < -0.3 is 19.9 Å². The lowest BCUT2D eigenvalue weighted by atomic mass is 10.1. The van der Waals surface area contributed by atoms with E-state index < -0.39 is 0 Å². The van der Waals surface area contributed by atoms with E-state index in [0.29, 0.717) is 39.2 Å². The molecule has 1 saturated heterocycles. The minimum atomic E-state index is -0.121. The third-order valence-electron chi connectivity index (χ3n) is 4.78. The van der Waals surface area contributed by atoms with Gasteiger partial charge in [0.15, 0.2) is 0 Å². The number of benzene rings is 2. The predicted octanol–water partition coefficient (Wildman–Crippen LogP) is 3.31. The van der Waals surface area contributed by atoms with Crippen molar-refractivity contribution in [3.63, 3.8) is 0 Å². The van der Waals surface area contributed by atoms with E-state index in [0.717, 1.165) is 22.6 Å². The summed E-state index contributed by atoms with van der Waals surface area (Å²) in [5, 5.41) is 2.92. The number of ether oxygens (including phenoxy) is 1. The second-order valence-electron chi connectivity index (χ2n) is 6.92. The van der Waals surface area contributed by atoms with Crippen LogP contribution in [0.2, 0.25) is 0 Å². The molecule has 1 aliphatic rings. The van der Waals surface area contributed by atoms with E-state index >= 15 is 0 Å². The summed E-state index contributed by atoms with van der Waals surface area (Å²) in [5.41, 5.74) is 2.86. The SMILES string of the molecule is CCOc1ccc(CC(=O)N2CCN(C(=O)Nc3cccc(C)c3)CC2)cc1. The Morgan fingerprint density at radius 1 is 1.00 bits per heavy atom. The summed E-state index contributed by atoms with van der Waals surface area (Å²) in [7, 11) is 0. The molecule has 0 unspecified atom stereocenters. The number of hydrogen-bond donors (Lipinski definition) is 1. The number of nitrogens with one attached hydrogen (secondary N) is 1. The van der Waals surface area contributed by atoms with Gasteiger partial charge in [-0.2, -0.15) is 0 Å². The normalized spacial score (nSPS) is 13.9. The summed E-state index contributed by atoms with van der Waals surface area (Å²) in [6.07, 6.45) is 0.363. The van der Waals surface area contributed by atoms with Crippen molar-refractivity contribution < 1.29 is 14.3 Å². The fraction of sp³-hybridized carbons (Fsp3) is 0.364. The van der Waals surface area contributed by atoms with E-state index in [1.807, 2.05) is 67.3 Å². The molecule has 28 heavy (non-hydrogen) atoms. The Morgan fingerprint density at radius 2 is 1.68 bits per heavy atom. The van der Waals surface area contributed by atoms with E-state index in [2.05, 4.69) is 5.32 Å². The van der Waals surface area contributed by atoms with Crippen LogP contribution in [0, 0.1) is 6.92 Å². The molecule has 1 heterocycles. The highest BCUT2D eigenvalue weighted by atomic mass is 16.5. The number of urea groups is 1. The van der Waals surface area contributed by atoms with E-state index in [1.165, 1.54) is 0 Å². The van der Waals surface area contributed by atoms with Crippen LogP contribution in [0.15, 0.2) is 48.5 Å². The van der Waals surface area contributed by atoms with E-state index in [1.54, 1.807) is 4.90 Å². The summed E-state index contributed by atoms with van der Waals surface area (Å²) in [5.74, 6) is 0.898. The molecule has 0 saturated carbocycles. The maximum atomic E-state index is 12.6. The highest BCUT2D eigenvalue weighted by Gasteiger charge is 2.24. The van der Waals surface area contributed by atoms with Gasteiger partial charge in [-0.25, -0.2) is 4.79 Å². The van der Waals surface area contributed by atoms with Crippen LogP contribution >= 0.6 is 0 Å². The molecule has 0 radical (unpaired) electrons. The zero-order valence-electron chi connectivity index (χ0n) is 16.5. The molecule has 0 spiro atoms. The van der Waals surface area contributed by atoms with Crippen LogP contribution in [0.1, 0.15) is 18.1 Å². The molecule has 1 aliphatic heterocycles. The Kier molecular flexibility index (Phi) is 6.53. The molecule has 6 heteroatoms. The molecule has 0 atom stereocenters. The van der Waals surface area contributed by atoms with Crippen LogP contribution in [0.3, 0.4) is 0 Å². The number of hydrogen-bond acceptors (Lipinski definition) is 3. The summed E-state index contributed by atoms with van der Waals surface area (Å²) < 4.78 is 5.43. The second kappa shape index (κ2) is 9.26. The van der Waals surface area contributed by atoms with Gasteiger partial charge in [-0.1, -0.05) is 24.3 Å². The van der Waals surface area contributed by atoms with Crippen molar-refractivity contribution >= 4 is 17.6 Å². The molecule has 6 nitrogen and oxygen atoms in total. The topological polar surface area (TPSA) is 61.9 Å². The van der Waals surface area contributed by atoms with Crippen LogP contribution in [0.5, 0.6) is 5.75 Å². The first kappa shape index (κ1) is 19.7. The number of nitrogens with zero attached hydrogens (tertiary/aromatic N) is 2. The number of aryl methyl sites for hydroxylation is 1. The van der Waals surface area contributed by atoms with Gasteiger partial charge in [0.1, 0.15) is 5.75 Å². The standard InChI is InChI=1S/C22H27N3O3/c1-3-28-20-9-7-18(8-10-20)16-21(26)24-11-13-25(14-12-24)22(27)23-19-6-4-5-17(2)15-19/h4-10,15H,3,11-14,16H2,1-2H3,(H,23,27). The van der Waals surface area contributed by atoms with Gasteiger partial charge in [-0.05, 0) is 49.2 Å². The van der Waals surface area contributed by atoms with Gasteiger partial charge in [0, 0.05) is 31.9 Å². The summed E-state index contributed by atoms with van der Waals surface area (Å²) >= 11 is 0. The first-order valence-corrected chi connectivity index (χ1v) is 9.67. The second-order valence-corrected chi connectivity index (χ2v) is 6.92. The van der Waals surface area contributed by atoms with Crippen molar-refractivity contribution in [2.75, 3.05) is 38.1 Å². The average Bonchev–Trinajstić information content (AvgIpc) is 2.70. The molecule has 1 fully saturated rings. The molecule has 0 aliphatic carbocycles. The molecule has 2 aromatic carbocycles. The van der Waals surface area contributed by atoms with Crippen molar-refractivity contribution in [1.82, 2.24) is 9.80 Å². The summed E-state index contributed by atoms with van der Waals surface area (Å²) in [4.78, 5) is 28.6. The van der Waals surface area contributed by atoms with Crippen LogP contribution in [-0.4, -0.2) is 54.5 Å². The van der Waals surface area contributed by atoms with Crippen molar-refractivity contribution in [3.05, 3.63) is 59.7 Å². The van der Waals surface area contributed by atoms with Crippen molar-refractivity contribution in [2.24, 2.45) is 0 Å². The van der Waals surface area contributed by atoms with E-state index in [4.69, 9.17) is 4.74 Å². The largest absolute Gasteiger partial charge is 0.494 e. The fourth-order valence-electron chi connectivity index (χ4n) is 3.24. The number of carbonyl (C=O) groups excluding carboxylic acids is 2. The smallest absolute Gasteiger partial charge is 0.321 e. The molecule has 1 N–H and O–H groups in total. The minimum absolute atomic E-state index is 0.0860. The van der Waals surface area contributed by atoms with Gasteiger partial charge in [0.25, 0.3) is 0 Å². The number of anilines is 1. The maximum Gasteiger partial charge on any atom is 0.321 e. The van der Waals surface area contributed by atoms with Gasteiger partial charge in [-0.3, -0.25) is 4.79 Å². The van der Waals surface area contributed by atoms with E-state index in [-0.39, 0.29) is 11.9 Å². The highest BCUT2D eigenvalue weighted by Crippen LogP contribution is 2.15. The lowest BCUT2D eigenvalue weighted by Gasteiger charge is -2.34. The summed E-state index contributed by atoms with van der Waals surface area (Å²) in [6, 6.07) is 15.2. The molecular weight excluding hydrogens is 354 g/mol. The quantitative estimate of drug-likeness (QED) is 0.864. The monoisotopic (exact) mass is 381 g/mol. The third-order valence-corrected chi connectivity index (χ3v) is 4.78. The number of carbonyl (C=O) groups is 2. The Bertz CT molecular complexity index is 812. The van der Waals surface area contributed by atoms with Crippen molar-refractivity contribution in [3.8, 4) is 5.75 Å². The van der Waals surface area contributed by atoms with Crippen LogP contribution < -0.4 is 10.1 Å². The third kappa shape index (κ3) is 5.25. The Hall–Kier alpha value is -3.02. The number of amides is 3. The number of rotatable bonds is 5. The van der Waals surface area contributed by atoms with Gasteiger partial charge in [0.05, 0.1) is 13.0 Å². The van der Waals surface area contributed by atoms with E-state index in [9.17, 15) is 9.59 Å². The molecule has 148 valence electrons. The molecule has 3 amide bonds. The molecule has 0 bridgehead atoms. The first-order chi connectivity index (χ1) is 13.5. The maximum absolute atomic E-state index is 12.6. The first-order valence-electron chi connectivity index (χ1n) is 9.67. The van der Waals surface area contributed by atoms with Crippen LogP contribution in [-0.2, 0) is 11.2 Å². The predicted molar refractivity (Wildman–Crippen MR) is 110 cm³/mol. The number of piperazine rings is 1. The summed E-state index contributed by atoms with van der Waals surface area (Å²) in [6.45, 7) is 6.73. The Labute approximate surface area is 166 Å². The van der Waals surface area contributed by atoms with Gasteiger partial charge in [-0.15, -0.1) is 0 Å². The molecular formula is C22H27N3O3. The zero-order valence-corrected chi connectivity index (χ0v) is 16.5. The van der Waals surface area contributed by atoms with Crippen LogP contribution in [0.25, 0.3) is 0 Å². The molecule has 0 aromatic heterocycles. The zero-order chi connectivity index (χ0) is 19.9. The Balaban J connectivity index is 1.47. The lowest BCUT2D eigenvalue weighted by molar-refractivity contribution is -0.131. The lowest BCUT2D eigenvalue weighted by Crippen LogP contribution is -2.52. The molecule has 2 aromatic rings. The van der Waals surface area contributed by atoms with Crippen molar-refractivity contribution in [2.45, 2.75) is 20.3 Å². The van der Waals surface area contributed by atoms with Crippen LogP contribution in [0.4, 0.5) is 10.5 Å². The minimum Gasteiger partial charge on any atom is -0.494 e. The van der Waals surface area contributed by atoms with Gasteiger partial charge in [0.2, 0.25) is 5.91 Å². The fourth-order valence-corrected chi connectivity index (χ4v) is 3.24. The average molecular weight is 381 g/mol. The van der Waals surface area contributed by atoms with Crippen molar-refractivity contribution in [1.29, 1.82) is 0 Å². The molecule has 3 rings (SSSR count).